The van der Waals surface area contributed by atoms with Crippen LogP contribution in [0.1, 0.15) is 66.4 Å². The summed E-state index contributed by atoms with van der Waals surface area (Å²) in [6.07, 6.45) is 9.04. The number of fused-ring (bicyclic) bond motifs is 3. The molecule has 2 N–H and O–H groups in total. The zero-order chi connectivity index (χ0) is 30.4. The summed E-state index contributed by atoms with van der Waals surface area (Å²) in [5.41, 5.74) is 3.21. The lowest BCUT2D eigenvalue weighted by molar-refractivity contribution is -0.139. The number of benzene rings is 2. The van der Waals surface area contributed by atoms with Gasteiger partial charge in [0.25, 0.3) is 5.91 Å². The smallest absolute Gasteiger partial charge is 0.305 e. The van der Waals surface area contributed by atoms with E-state index in [4.69, 9.17) is 26.2 Å². The number of hydrogen-bond donors (Lipinski definition) is 2. The highest BCUT2D eigenvalue weighted by Gasteiger charge is 2.38. The monoisotopic (exact) mass is 630 g/mol. The minimum atomic E-state index is -3.84. The van der Waals surface area contributed by atoms with Gasteiger partial charge in [0.1, 0.15) is 12.4 Å². The van der Waals surface area contributed by atoms with Crippen molar-refractivity contribution in [3.8, 4) is 5.75 Å². The molecule has 2 bridgehead atoms. The minimum Gasteiger partial charge on any atom is -0.487 e. The summed E-state index contributed by atoms with van der Waals surface area (Å²) >= 11 is 6.30. The molecule has 11 heteroatoms. The Morgan fingerprint density at radius 1 is 1.12 bits per heavy atom. The molecule has 3 aliphatic rings. The summed E-state index contributed by atoms with van der Waals surface area (Å²) in [5, 5.41) is 9.83. The van der Waals surface area contributed by atoms with Crippen molar-refractivity contribution in [2.45, 2.75) is 64.1 Å². The number of anilines is 1. The summed E-state index contributed by atoms with van der Waals surface area (Å²) in [7, 11) is -3.84. The molecule has 232 valence electrons. The number of nitrogens with zero attached hydrogens (tertiary/aromatic N) is 1. The fourth-order valence-corrected chi connectivity index (χ4v) is 7.34. The maximum atomic E-state index is 13.1. The van der Waals surface area contributed by atoms with Gasteiger partial charge in [-0.25, -0.2) is 13.1 Å². The normalized spacial score (nSPS) is 25.0. The zero-order valence-corrected chi connectivity index (χ0v) is 25.7. The fraction of sp³-hybridized carbons (Fsp3) is 0.500. The van der Waals surface area contributed by atoms with Crippen molar-refractivity contribution in [2.75, 3.05) is 30.3 Å². The summed E-state index contributed by atoms with van der Waals surface area (Å²) in [5.74, 6) is -0.652. The quantitative estimate of drug-likeness (QED) is 0.433. The van der Waals surface area contributed by atoms with Crippen LogP contribution in [0.25, 0.3) is 0 Å². The van der Waals surface area contributed by atoms with Crippen molar-refractivity contribution in [1.29, 1.82) is 0 Å². The zero-order valence-electron chi connectivity index (χ0n) is 24.2. The van der Waals surface area contributed by atoms with E-state index in [2.05, 4.69) is 9.62 Å². The Bertz CT molecular complexity index is 1460. The molecule has 0 spiro atoms. The van der Waals surface area contributed by atoms with Crippen LogP contribution in [0.2, 0.25) is 5.02 Å². The Kier molecular flexibility index (Phi) is 10.3. The first kappa shape index (κ1) is 31.3. The third-order valence-corrected chi connectivity index (χ3v) is 10.1. The highest BCUT2D eigenvalue weighted by Crippen LogP contribution is 2.41. The molecule has 43 heavy (non-hydrogen) atoms. The highest BCUT2D eigenvalue weighted by atomic mass is 35.5. The average molecular weight is 631 g/mol. The van der Waals surface area contributed by atoms with E-state index in [1.54, 1.807) is 18.2 Å². The summed E-state index contributed by atoms with van der Waals surface area (Å²) in [6, 6.07) is 10.9. The number of allylic oxidation sites excluding steroid dienone is 1. The van der Waals surface area contributed by atoms with Crippen LogP contribution in [-0.2, 0) is 32.6 Å². The second-order valence-electron chi connectivity index (χ2n) is 11.6. The number of carboxylic acid groups (broad SMARTS) is 1. The molecule has 2 aromatic rings. The van der Waals surface area contributed by atoms with Crippen LogP contribution in [-0.4, -0.2) is 57.0 Å². The summed E-state index contributed by atoms with van der Waals surface area (Å²) in [6.45, 7) is 1.88. The van der Waals surface area contributed by atoms with Gasteiger partial charge >= 0.3 is 5.97 Å². The minimum absolute atomic E-state index is 0.0765. The van der Waals surface area contributed by atoms with E-state index < -0.39 is 21.9 Å². The van der Waals surface area contributed by atoms with Gasteiger partial charge in [-0.05, 0) is 98.2 Å². The molecule has 2 unspecified atom stereocenters. The summed E-state index contributed by atoms with van der Waals surface area (Å²) in [4.78, 5) is 26.5. The van der Waals surface area contributed by atoms with Crippen molar-refractivity contribution in [2.24, 2.45) is 11.8 Å². The fourth-order valence-electron chi connectivity index (χ4n) is 6.09. The molecule has 1 fully saturated rings. The van der Waals surface area contributed by atoms with Crippen molar-refractivity contribution >= 4 is 39.2 Å². The van der Waals surface area contributed by atoms with Crippen molar-refractivity contribution in [1.82, 2.24) is 4.72 Å². The lowest BCUT2D eigenvalue weighted by atomic mass is 9.70. The molecule has 1 aliphatic carbocycles. The van der Waals surface area contributed by atoms with Crippen LogP contribution in [0.15, 0.2) is 48.6 Å². The summed E-state index contributed by atoms with van der Waals surface area (Å²) < 4.78 is 40.1. The number of carboxylic acids is 1. The predicted molar refractivity (Wildman–Crippen MR) is 165 cm³/mol. The first-order valence-corrected chi connectivity index (χ1v) is 17.1. The molecule has 0 radical (unpaired) electrons. The van der Waals surface area contributed by atoms with Crippen molar-refractivity contribution in [3.63, 3.8) is 0 Å². The molecule has 2 aliphatic heterocycles. The number of aliphatic carboxylic acids is 1. The van der Waals surface area contributed by atoms with Gasteiger partial charge in [-0.3, -0.25) is 9.59 Å². The number of aryl methyl sites for hydroxylation is 1. The Hall–Kier alpha value is -3.08. The third-order valence-electron chi connectivity index (χ3n) is 8.57. The maximum Gasteiger partial charge on any atom is 0.305 e. The van der Waals surface area contributed by atoms with Crippen LogP contribution in [0.4, 0.5) is 5.69 Å². The second kappa shape index (κ2) is 14.1. The van der Waals surface area contributed by atoms with Crippen LogP contribution >= 0.6 is 11.6 Å². The number of rotatable bonds is 4. The van der Waals surface area contributed by atoms with Crippen molar-refractivity contribution in [3.05, 3.63) is 70.3 Å². The first-order chi connectivity index (χ1) is 20.7. The molecular weight excluding hydrogens is 592 g/mol. The molecular formula is C32H39ClN2O7S. The molecule has 2 heterocycles. The van der Waals surface area contributed by atoms with Gasteiger partial charge in [0.2, 0.25) is 10.0 Å². The van der Waals surface area contributed by atoms with E-state index in [0.29, 0.717) is 42.7 Å². The lowest BCUT2D eigenvalue weighted by Crippen LogP contribution is -2.44. The van der Waals surface area contributed by atoms with Crippen LogP contribution in [0, 0.1) is 11.8 Å². The lowest BCUT2D eigenvalue weighted by Gasteiger charge is -2.44. The van der Waals surface area contributed by atoms with Crippen molar-refractivity contribution < 1.29 is 32.6 Å². The van der Waals surface area contributed by atoms with Gasteiger partial charge in [0.05, 0.1) is 30.6 Å². The molecule has 1 amide bonds. The van der Waals surface area contributed by atoms with E-state index in [1.165, 1.54) is 0 Å². The van der Waals surface area contributed by atoms with E-state index in [9.17, 15) is 18.0 Å². The van der Waals surface area contributed by atoms with E-state index in [-0.39, 0.29) is 36.4 Å². The molecule has 0 saturated heterocycles. The van der Waals surface area contributed by atoms with Gasteiger partial charge in [-0.15, -0.1) is 0 Å². The van der Waals surface area contributed by atoms with Gasteiger partial charge in [-0.2, -0.15) is 0 Å². The Morgan fingerprint density at radius 3 is 2.77 bits per heavy atom. The molecule has 3 atom stereocenters. The van der Waals surface area contributed by atoms with E-state index in [1.807, 2.05) is 30.4 Å². The van der Waals surface area contributed by atoms with E-state index in [0.717, 1.165) is 55.5 Å². The predicted octanol–water partition coefficient (Wildman–Crippen LogP) is 5.36. The largest absolute Gasteiger partial charge is 0.487 e. The number of nitrogens with one attached hydrogen (secondary N) is 1. The molecule has 2 aromatic carbocycles. The van der Waals surface area contributed by atoms with Gasteiger partial charge in [0.15, 0.2) is 0 Å². The molecule has 0 aromatic heterocycles. The van der Waals surface area contributed by atoms with Gasteiger partial charge in [0, 0.05) is 23.7 Å². The van der Waals surface area contributed by atoms with Crippen LogP contribution in [0.3, 0.4) is 0 Å². The standard InChI is InChI=1S/C32H39ClN2O7S/c33-26-11-8-25-21-42-30-13-10-23-19-28(30)35(15-4-3-6-22(25)18-26)20-24-9-12-27(24)29(41-16-14-31(36)37)7-2-1-5-17-43(39,40)34-32(23)38/h2,7-8,10-11,13,18-19,24,27,29H,1,3-6,9,12,14-17,20-21H2,(H,34,38)(H,36,37)/b7-2+/t24?,27?,29-/m1/s1. The number of sulfonamides is 1. The first-order valence-electron chi connectivity index (χ1n) is 15.0. The third kappa shape index (κ3) is 8.31. The molecule has 9 nitrogen and oxygen atoms in total. The van der Waals surface area contributed by atoms with Crippen LogP contribution < -0.4 is 14.4 Å². The maximum absolute atomic E-state index is 13.1. The number of ether oxygens (including phenoxy) is 2. The number of carbonyl (C=O) groups is 2. The molecule has 5 rings (SSSR count). The highest BCUT2D eigenvalue weighted by molar-refractivity contribution is 7.90. The number of halogens is 1. The average Bonchev–Trinajstić information content (AvgIpc) is 2.97. The Balaban J connectivity index is 1.49. The topological polar surface area (TPSA) is 122 Å². The van der Waals surface area contributed by atoms with Crippen LogP contribution in [0.5, 0.6) is 5.75 Å². The second-order valence-corrected chi connectivity index (χ2v) is 13.9. The van der Waals surface area contributed by atoms with Gasteiger partial charge in [-0.1, -0.05) is 29.8 Å². The van der Waals surface area contributed by atoms with Gasteiger partial charge < -0.3 is 19.5 Å². The number of carbonyl (C=O) groups excluding carboxylic acids is 1. The number of hydrogen-bond acceptors (Lipinski definition) is 7. The van der Waals surface area contributed by atoms with E-state index >= 15 is 0 Å². The number of amides is 1. The molecule has 1 saturated carbocycles. The SMILES string of the molecule is O=C(O)CCO[C@@H]1/C=C/CCCS(=O)(=O)NC(=O)c2ccc3c(c2)N(CCCCc2cc(Cl)ccc2CO3)CC2CCC21. The Labute approximate surface area is 258 Å². The Morgan fingerprint density at radius 2 is 1.98 bits per heavy atom.